The maximum Gasteiger partial charge on any atom is 0.123 e. The summed E-state index contributed by atoms with van der Waals surface area (Å²) < 4.78 is 14.2. The minimum Gasteiger partial charge on any atom is -0.309 e. The molecule has 100 valence electrons. The molecule has 1 nitrogen and oxygen atoms in total. The second-order valence-corrected chi connectivity index (χ2v) is 6.71. The number of hydrogen-bond acceptors (Lipinski definition) is 2. The third-order valence-corrected chi connectivity index (χ3v) is 5.51. The van der Waals surface area contributed by atoms with E-state index in [1.54, 1.807) is 12.1 Å². The van der Waals surface area contributed by atoms with Gasteiger partial charge in [-0.05, 0) is 42.9 Å². The second-order valence-electron chi connectivity index (χ2n) is 4.78. The Balaban J connectivity index is 1.95. The Labute approximate surface area is 121 Å². The molecule has 1 aliphatic carbocycles. The molecule has 18 heavy (non-hydrogen) atoms. The van der Waals surface area contributed by atoms with Gasteiger partial charge in [0.1, 0.15) is 5.82 Å². The van der Waals surface area contributed by atoms with Gasteiger partial charge in [-0.2, -0.15) is 11.8 Å². The van der Waals surface area contributed by atoms with Gasteiger partial charge in [0.25, 0.3) is 0 Å². The molecule has 0 bridgehead atoms. The fourth-order valence-corrected chi connectivity index (χ4v) is 3.88. The smallest absolute Gasteiger partial charge is 0.123 e. The zero-order valence-corrected chi connectivity index (χ0v) is 13.0. The molecule has 1 aliphatic rings. The molecule has 1 saturated carbocycles. The minimum atomic E-state index is -0.167. The van der Waals surface area contributed by atoms with Crippen molar-refractivity contribution < 1.29 is 4.39 Å². The van der Waals surface area contributed by atoms with Crippen molar-refractivity contribution >= 4 is 27.7 Å². The van der Waals surface area contributed by atoms with Crippen molar-refractivity contribution in [2.75, 3.05) is 6.26 Å². The number of thioether (sulfide) groups is 1. The van der Waals surface area contributed by atoms with Crippen LogP contribution in [0.25, 0.3) is 0 Å². The summed E-state index contributed by atoms with van der Waals surface area (Å²) in [6.07, 6.45) is 7.36. The first-order chi connectivity index (χ1) is 8.70. The number of hydrogen-bond donors (Lipinski definition) is 1. The van der Waals surface area contributed by atoms with E-state index in [0.717, 1.165) is 16.6 Å². The number of nitrogens with one attached hydrogen (secondary N) is 1. The highest BCUT2D eigenvalue weighted by Crippen LogP contribution is 2.27. The molecule has 2 unspecified atom stereocenters. The quantitative estimate of drug-likeness (QED) is 0.880. The standard InChI is InChI=1S/C14H19BrFNS/c1-18-14-5-3-2-4-13(14)17-9-10-8-11(16)6-7-12(10)15/h6-8,13-14,17H,2-5,9H2,1H3. The maximum absolute atomic E-state index is 13.2. The van der Waals surface area contributed by atoms with E-state index in [2.05, 4.69) is 27.5 Å². The molecule has 0 aliphatic heterocycles. The molecular formula is C14H19BrFNS. The van der Waals surface area contributed by atoms with E-state index in [4.69, 9.17) is 0 Å². The molecule has 1 aromatic carbocycles. The van der Waals surface area contributed by atoms with Crippen molar-refractivity contribution in [1.82, 2.24) is 5.32 Å². The Morgan fingerprint density at radius 1 is 1.39 bits per heavy atom. The van der Waals surface area contributed by atoms with Gasteiger partial charge in [-0.1, -0.05) is 28.8 Å². The second kappa shape index (κ2) is 6.92. The minimum absolute atomic E-state index is 0.167. The van der Waals surface area contributed by atoms with Crippen LogP contribution in [-0.2, 0) is 6.54 Å². The lowest BCUT2D eigenvalue weighted by molar-refractivity contribution is 0.382. The van der Waals surface area contributed by atoms with E-state index >= 15 is 0 Å². The first-order valence-electron chi connectivity index (χ1n) is 6.41. The zero-order chi connectivity index (χ0) is 13.0. The fraction of sp³-hybridized carbons (Fsp3) is 0.571. The summed E-state index contributed by atoms with van der Waals surface area (Å²) in [5.74, 6) is -0.167. The zero-order valence-electron chi connectivity index (χ0n) is 10.6. The van der Waals surface area contributed by atoms with Crippen LogP contribution in [0.1, 0.15) is 31.2 Å². The molecule has 4 heteroatoms. The number of rotatable bonds is 4. The van der Waals surface area contributed by atoms with Crippen LogP contribution in [0.5, 0.6) is 0 Å². The largest absolute Gasteiger partial charge is 0.309 e. The van der Waals surface area contributed by atoms with Crippen LogP contribution in [0.15, 0.2) is 22.7 Å². The van der Waals surface area contributed by atoms with E-state index < -0.39 is 0 Å². The molecule has 1 aromatic rings. The Kier molecular flexibility index (Phi) is 5.52. The molecular weight excluding hydrogens is 313 g/mol. The number of halogens is 2. The summed E-state index contributed by atoms with van der Waals surface area (Å²) in [4.78, 5) is 0. The highest BCUT2D eigenvalue weighted by Gasteiger charge is 2.23. The van der Waals surface area contributed by atoms with Gasteiger partial charge in [-0.15, -0.1) is 0 Å². The Bertz CT molecular complexity index is 399. The first kappa shape index (κ1) is 14.4. The SMILES string of the molecule is CSC1CCCCC1NCc1cc(F)ccc1Br. The molecule has 0 amide bonds. The van der Waals surface area contributed by atoms with E-state index in [1.165, 1.54) is 31.7 Å². The lowest BCUT2D eigenvalue weighted by atomic mass is 9.94. The maximum atomic E-state index is 13.2. The van der Waals surface area contributed by atoms with E-state index in [9.17, 15) is 4.39 Å². The Hall–Kier alpha value is -0.0600. The van der Waals surface area contributed by atoms with Gasteiger partial charge in [0, 0.05) is 22.3 Å². The molecule has 1 fully saturated rings. The van der Waals surface area contributed by atoms with Crippen molar-refractivity contribution in [2.45, 2.75) is 43.5 Å². The summed E-state index contributed by atoms with van der Waals surface area (Å²) in [5, 5.41) is 4.29. The predicted octanol–water partition coefficient (Wildman–Crippen LogP) is 4.35. The van der Waals surface area contributed by atoms with Gasteiger partial charge >= 0.3 is 0 Å². The average molecular weight is 332 g/mol. The van der Waals surface area contributed by atoms with Gasteiger partial charge in [0.2, 0.25) is 0 Å². The molecule has 0 radical (unpaired) electrons. The van der Waals surface area contributed by atoms with E-state index in [-0.39, 0.29) is 5.82 Å². The summed E-state index contributed by atoms with van der Waals surface area (Å²) in [6.45, 7) is 0.736. The summed E-state index contributed by atoms with van der Waals surface area (Å²) in [6, 6.07) is 5.43. The first-order valence-corrected chi connectivity index (χ1v) is 8.49. The van der Waals surface area contributed by atoms with Crippen molar-refractivity contribution in [3.63, 3.8) is 0 Å². The van der Waals surface area contributed by atoms with Crippen LogP contribution in [0, 0.1) is 5.82 Å². The van der Waals surface area contributed by atoms with Gasteiger partial charge in [0.05, 0.1) is 0 Å². The van der Waals surface area contributed by atoms with Crippen LogP contribution in [0.4, 0.5) is 4.39 Å². The third kappa shape index (κ3) is 3.72. The van der Waals surface area contributed by atoms with Crippen LogP contribution in [-0.4, -0.2) is 17.5 Å². The topological polar surface area (TPSA) is 12.0 Å². The average Bonchev–Trinajstić information content (AvgIpc) is 2.40. The highest BCUT2D eigenvalue weighted by atomic mass is 79.9. The van der Waals surface area contributed by atoms with Crippen LogP contribution in [0.2, 0.25) is 0 Å². The van der Waals surface area contributed by atoms with Crippen molar-refractivity contribution in [3.05, 3.63) is 34.1 Å². The highest BCUT2D eigenvalue weighted by molar-refractivity contribution is 9.10. The van der Waals surface area contributed by atoms with E-state index in [0.29, 0.717) is 11.3 Å². The summed E-state index contributed by atoms with van der Waals surface area (Å²) in [7, 11) is 0. The van der Waals surface area contributed by atoms with Crippen molar-refractivity contribution in [3.8, 4) is 0 Å². The van der Waals surface area contributed by atoms with Gasteiger partial charge in [-0.25, -0.2) is 4.39 Å². The molecule has 0 spiro atoms. The lowest BCUT2D eigenvalue weighted by Gasteiger charge is -2.31. The van der Waals surface area contributed by atoms with Crippen molar-refractivity contribution in [1.29, 1.82) is 0 Å². The van der Waals surface area contributed by atoms with Crippen LogP contribution >= 0.6 is 27.7 Å². The fourth-order valence-electron chi connectivity index (χ4n) is 2.53. The van der Waals surface area contributed by atoms with Gasteiger partial charge in [-0.3, -0.25) is 0 Å². The van der Waals surface area contributed by atoms with Gasteiger partial charge in [0.15, 0.2) is 0 Å². The van der Waals surface area contributed by atoms with E-state index in [1.807, 2.05) is 11.8 Å². The number of benzene rings is 1. The summed E-state index contributed by atoms with van der Waals surface area (Å²) >= 11 is 5.42. The van der Waals surface area contributed by atoms with Crippen LogP contribution in [0.3, 0.4) is 0 Å². The van der Waals surface area contributed by atoms with Crippen LogP contribution < -0.4 is 5.32 Å². The predicted molar refractivity (Wildman–Crippen MR) is 80.5 cm³/mol. The Morgan fingerprint density at radius 3 is 2.94 bits per heavy atom. The monoisotopic (exact) mass is 331 g/mol. The summed E-state index contributed by atoms with van der Waals surface area (Å²) in [5.41, 5.74) is 1.00. The molecule has 2 rings (SSSR count). The molecule has 0 aromatic heterocycles. The molecule has 0 heterocycles. The molecule has 2 atom stereocenters. The normalized spacial score (nSPS) is 24.2. The lowest BCUT2D eigenvalue weighted by Crippen LogP contribution is -2.40. The van der Waals surface area contributed by atoms with Crippen molar-refractivity contribution in [2.24, 2.45) is 0 Å². The third-order valence-electron chi connectivity index (χ3n) is 3.57. The molecule has 1 N–H and O–H groups in total. The molecule has 0 saturated heterocycles. The Morgan fingerprint density at radius 2 is 2.17 bits per heavy atom. The van der Waals surface area contributed by atoms with Gasteiger partial charge < -0.3 is 5.32 Å².